The van der Waals surface area contributed by atoms with E-state index in [2.05, 4.69) is 35.2 Å². The van der Waals surface area contributed by atoms with E-state index >= 15 is 0 Å². The number of H-pyrrole nitrogens is 1. The summed E-state index contributed by atoms with van der Waals surface area (Å²) in [4.78, 5) is 29.5. The molecule has 12 heteroatoms. The first-order valence-electron chi connectivity index (χ1n) is 12.1. The number of pyridine rings is 1. The summed E-state index contributed by atoms with van der Waals surface area (Å²) in [7, 11) is 3.20. The molecule has 2 N–H and O–H groups in total. The van der Waals surface area contributed by atoms with Gasteiger partial charge in [-0.05, 0) is 12.1 Å². The minimum Gasteiger partial charge on any atom is -0.497 e. The number of anilines is 2. The number of aromatic amines is 1. The number of rotatable bonds is 6. The maximum absolute atomic E-state index is 14.4. The van der Waals surface area contributed by atoms with Gasteiger partial charge in [-0.25, -0.2) is 14.4 Å². The Morgan fingerprint density at radius 3 is 2.68 bits per heavy atom. The zero-order valence-corrected chi connectivity index (χ0v) is 20.6. The van der Waals surface area contributed by atoms with E-state index in [0.29, 0.717) is 40.2 Å². The summed E-state index contributed by atoms with van der Waals surface area (Å²) < 4.78 is 26.4. The molecule has 0 radical (unpaired) electrons. The largest absolute Gasteiger partial charge is 0.497 e. The molecular weight excluding hydrogens is 479 g/mol. The van der Waals surface area contributed by atoms with Gasteiger partial charge in [-0.3, -0.25) is 14.4 Å². The van der Waals surface area contributed by atoms with E-state index in [9.17, 15) is 9.18 Å². The summed E-state index contributed by atoms with van der Waals surface area (Å²) in [5, 5.41) is 7.17. The highest BCUT2D eigenvalue weighted by molar-refractivity contribution is 6.03. The Morgan fingerprint density at radius 2 is 2.00 bits per heavy atom. The number of hydrogen-bond donors (Lipinski definition) is 2. The quantitative estimate of drug-likeness (QED) is 0.410. The van der Waals surface area contributed by atoms with Crippen molar-refractivity contribution in [2.75, 3.05) is 56.7 Å². The minimum absolute atomic E-state index is 0.201. The third-order valence-electron chi connectivity index (χ3n) is 6.90. The summed E-state index contributed by atoms with van der Waals surface area (Å²) >= 11 is 0. The van der Waals surface area contributed by atoms with Crippen LogP contribution in [0, 0.1) is 5.82 Å². The van der Waals surface area contributed by atoms with E-state index in [1.807, 2.05) is 6.07 Å². The molecule has 4 aromatic rings. The van der Waals surface area contributed by atoms with Crippen molar-refractivity contribution in [1.29, 1.82) is 0 Å². The number of piperazine rings is 1. The van der Waals surface area contributed by atoms with Gasteiger partial charge in [-0.15, -0.1) is 0 Å². The molecule has 0 bridgehead atoms. The van der Waals surface area contributed by atoms with Crippen LogP contribution in [-0.4, -0.2) is 88.1 Å². The maximum Gasteiger partial charge on any atom is 0.258 e. The molecule has 192 valence electrons. The molecule has 0 unspecified atom stereocenters. The van der Waals surface area contributed by atoms with Gasteiger partial charge >= 0.3 is 0 Å². The molecule has 2 aliphatic rings. The van der Waals surface area contributed by atoms with E-state index in [0.717, 1.165) is 45.2 Å². The van der Waals surface area contributed by atoms with Crippen LogP contribution >= 0.6 is 0 Å². The lowest BCUT2D eigenvalue weighted by Crippen LogP contribution is -2.56. The highest BCUT2D eigenvalue weighted by Gasteiger charge is 2.29. The highest BCUT2D eigenvalue weighted by atomic mass is 19.1. The van der Waals surface area contributed by atoms with Crippen LogP contribution in [-0.2, 0) is 11.8 Å². The Kier molecular flexibility index (Phi) is 5.97. The Hall–Kier alpha value is -4.03. The number of benzene rings is 1. The van der Waals surface area contributed by atoms with Crippen LogP contribution in [0.4, 0.5) is 16.0 Å². The molecule has 0 spiro atoms. The molecule has 3 aromatic heterocycles. The van der Waals surface area contributed by atoms with Crippen LogP contribution in [0.15, 0.2) is 36.5 Å². The van der Waals surface area contributed by atoms with Crippen molar-refractivity contribution in [3.63, 3.8) is 0 Å². The first-order valence-corrected chi connectivity index (χ1v) is 12.1. The van der Waals surface area contributed by atoms with E-state index in [4.69, 9.17) is 9.47 Å². The van der Waals surface area contributed by atoms with Crippen LogP contribution in [0.3, 0.4) is 0 Å². The fourth-order valence-corrected chi connectivity index (χ4v) is 4.69. The average Bonchev–Trinajstić information content (AvgIpc) is 3.46. The number of aryl methyl sites for hydroxylation is 1. The fourth-order valence-electron chi connectivity index (χ4n) is 4.69. The number of fused-ring (bicyclic) bond motifs is 1. The highest BCUT2D eigenvalue weighted by Crippen LogP contribution is 2.27. The van der Waals surface area contributed by atoms with Gasteiger partial charge in [0.05, 0.1) is 37.4 Å². The first kappa shape index (κ1) is 23.4. The number of nitrogens with zero attached hydrogens (tertiary/aromatic N) is 6. The number of amides is 1. The van der Waals surface area contributed by atoms with Gasteiger partial charge < -0.3 is 24.7 Å². The molecule has 2 fully saturated rings. The van der Waals surface area contributed by atoms with Gasteiger partial charge in [0.25, 0.3) is 5.91 Å². The molecule has 0 atom stereocenters. The average molecular weight is 507 g/mol. The van der Waals surface area contributed by atoms with Crippen molar-refractivity contribution < 1.29 is 18.7 Å². The zero-order valence-electron chi connectivity index (χ0n) is 20.6. The smallest absolute Gasteiger partial charge is 0.258 e. The number of methoxy groups -OCH3 is 1. The van der Waals surface area contributed by atoms with Gasteiger partial charge in [-0.2, -0.15) is 5.10 Å². The van der Waals surface area contributed by atoms with E-state index < -0.39 is 5.82 Å². The van der Waals surface area contributed by atoms with Gasteiger partial charge in [0, 0.05) is 57.6 Å². The molecule has 11 nitrogen and oxygen atoms in total. The van der Waals surface area contributed by atoms with E-state index in [1.165, 1.54) is 13.2 Å². The lowest BCUT2D eigenvalue weighted by atomic mass is 10.2. The Labute approximate surface area is 212 Å². The molecule has 1 aromatic carbocycles. The molecule has 0 saturated carbocycles. The summed E-state index contributed by atoms with van der Waals surface area (Å²) in [6.07, 6.45) is 1.58. The predicted octanol–water partition coefficient (Wildman–Crippen LogP) is 2.28. The predicted molar refractivity (Wildman–Crippen MR) is 135 cm³/mol. The van der Waals surface area contributed by atoms with Crippen LogP contribution < -0.4 is 15.0 Å². The molecule has 37 heavy (non-hydrogen) atoms. The van der Waals surface area contributed by atoms with Gasteiger partial charge in [0.1, 0.15) is 22.8 Å². The monoisotopic (exact) mass is 506 g/mol. The van der Waals surface area contributed by atoms with Crippen LogP contribution in [0.25, 0.3) is 22.6 Å². The summed E-state index contributed by atoms with van der Waals surface area (Å²) in [5.41, 5.74) is 1.72. The molecule has 2 saturated heterocycles. The second kappa shape index (κ2) is 9.45. The van der Waals surface area contributed by atoms with Crippen molar-refractivity contribution in [3.8, 4) is 17.3 Å². The Balaban J connectivity index is 1.12. The summed E-state index contributed by atoms with van der Waals surface area (Å²) in [6, 6.07) is 8.82. The van der Waals surface area contributed by atoms with Gasteiger partial charge in [-0.1, -0.05) is 0 Å². The molecule has 2 aliphatic heterocycles. The normalized spacial score (nSPS) is 16.7. The standard InChI is InChI=1S/C25H27FN8O3/c1-32-20(24-28-19-10-17(36-2)9-18(26)23(19)30-24)11-21(31-32)29-25(35)15-3-4-22(27-12-15)34-7-5-33(6-8-34)16-13-37-14-16/h3-4,9-12,16H,5-8,13-14H2,1-2H3,(H,28,30)(H,29,31,35). The number of imidazole rings is 1. The van der Waals surface area contributed by atoms with Crippen LogP contribution in [0.1, 0.15) is 10.4 Å². The zero-order chi connectivity index (χ0) is 25.5. The number of nitrogens with one attached hydrogen (secondary N) is 2. The Bertz CT molecular complexity index is 1440. The number of hydrogen-bond acceptors (Lipinski definition) is 8. The fraction of sp³-hybridized carbons (Fsp3) is 0.360. The number of aromatic nitrogens is 5. The molecular formula is C25H27FN8O3. The van der Waals surface area contributed by atoms with Crippen molar-refractivity contribution in [2.45, 2.75) is 6.04 Å². The van der Waals surface area contributed by atoms with Crippen molar-refractivity contribution >= 4 is 28.6 Å². The topological polar surface area (TPSA) is 113 Å². The molecule has 1 amide bonds. The second-order valence-corrected chi connectivity index (χ2v) is 9.20. The lowest BCUT2D eigenvalue weighted by molar-refractivity contribution is -0.0661. The van der Waals surface area contributed by atoms with Crippen molar-refractivity contribution in [2.24, 2.45) is 7.05 Å². The van der Waals surface area contributed by atoms with Crippen molar-refractivity contribution in [3.05, 3.63) is 47.9 Å². The van der Waals surface area contributed by atoms with E-state index in [1.54, 1.807) is 36.1 Å². The number of ether oxygens (including phenoxy) is 2. The minimum atomic E-state index is -0.488. The third-order valence-corrected chi connectivity index (χ3v) is 6.90. The molecule has 0 aliphatic carbocycles. The second-order valence-electron chi connectivity index (χ2n) is 9.20. The van der Waals surface area contributed by atoms with E-state index in [-0.39, 0.29) is 11.4 Å². The third kappa shape index (κ3) is 4.49. The summed E-state index contributed by atoms with van der Waals surface area (Å²) in [6.45, 7) is 5.39. The van der Waals surface area contributed by atoms with Crippen LogP contribution in [0.5, 0.6) is 5.75 Å². The molecule has 5 heterocycles. The maximum atomic E-state index is 14.4. The number of halogens is 1. The first-order chi connectivity index (χ1) is 18.0. The van der Waals surface area contributed by atoms with Gasteiger partial charge in [0.15, 0.2) is 17.5 Å². The van der Waals surface area contributed by atoms with Crippen molar-refractivity contribution in [1.82, 2.24) is 29.6 Å². The SMILES string of the molecule is COc1cc(F)c2nc(-c3cc(NC(=O)c4ccc(N5CCN(C6COC6)CC5)nc4)nn3C)[nH]c2c1. The van der Waals surface area contributed by atoms with Crippen LogP contribution in [0.2, 0.25) is 0 Å². The van der Waals surface area contributed by atoms with Gasteiger partial charge in [0.2, 0.25) is 0 Å². The Morgan fingerprint density at radius 1 is 1.19 bits per heavy atom. The summed E-state index contributed by atoms with van der Waals surface area (Å²) in [5.74, 6) is 1.21. The number of carbonyl (C=O) groups excluding carboxylic acids is 1. The lowest BCUT2D eigenvalue weighted by Gasteiger charge is -2.42. The molecule has 6 rings (SSSR count). The number of carbonyl (C=O) groups is 1.